The van der Waals surface area contributed by atoms with Gasteiger partial charge in [-0.1, -0.05) is 25.5 Å². The van der Waals surface area contributed by atoms with E-state index in [0.717, 1.165) is 29.9 Å². The molecule has 3 heterocycles. The molecule has 2 aromatic rings. The molecule has 5 rings (SSSR count). The highest BCUT2D eigenvalue weighted by molar-refractivity contribution is 5.81. The van der Waals surface area contributed by atoms with Gasteiger partial charge in [-0.3, -0.25) is 4.90 Å². The Labute approximate surface area is 133 Å². The van der Waals surface area contributed by atoms with E-state index in [1.54, 1.807) is 0 Å². The maximum absolute atomic E-state index is 5.76. The van der Waals surface area contributed by atoms with Crippen LogP contribution in [0.5, 0.6) is 0 Å². The van der Waals surface area contributed by atoms with Crippen LogP contribution in [0.15, 0.2) is 28.9 Å². The number of rotatable bonds is 4. The molecule has 2 heteroatoms. The Bertz CT molecular complexity index is 659. The molecule has 0 radical (unpaired) electrons. The summed E-state index contributed by atoms with van der Waals surface area (Å²) >= 11 is 0. The van der Waals surface area contributed by atoms with Crippen molar-refractivity contribution in [3.05, 3.63) is 35.6 Å². The van der Waals surface area contributed by atoms with Gasteiger partial charge in [-0.25, -0.2) is 0 Å². The van der Waals surface area contributed by atoms with Gasteiger partial charge >= 0.3 is 0 Å². The Morgan fingerprint density at radius 2 is 2.18 bits per heavy atom. The number of nitrogens with zero attached hydrogens (tertiary/aromatic N) is 1. The molecule has 3 fully saturated rings. The Kier molecular flexibility index (Phi) is 3.73. The summed E-state index contributed by atoms with van der Waals surface area (Å²) in [5.41, 5.74) is 3.69. The molecule has 2 aliphatic heterocycles. The summed E-state index contributed by atoms with van der Waals surface area (Å²) in [5.74, 6) is 1.90. The lowest BCUT2D eigenvalue weighted by Gasteiger charge is -2.50. The second-order valence-electron chi connectivity index (χ2n) is 7.42. The minimum atomic E-state index is 0.843. The molecular weight excluding hydrogens is 270 g/mol. The fourth-order valence-electron chi connectivity index (χ4n) is 4.80. The summed E-state index contributed by atoms with van der Waals surface area (Å²) in [6.45, 7) is 7.02. The van der Waals surface area contributed by atoms with Crippen LogP contribution in [0, 0.1) is 18.8 Å². The van der Waals surface area contributed by atoms with Gasteiger partial charge in [0.1, 0.15) is 5.58 Å². The first-order valence-electron chi connectivity index (χ1n) is 8.95. The normalized spacial score (nSPS) is 28.5. The van der Waals surface area contributed by atoms with Crippen molar-refractivity contribution in [3.63, 3.8) is 0 Å². The lowest BCUT2D eigenvalue weighted by atomic mass is 9.71. The highest BCUT2D eigenvalue weighted by Gasteiger charge is 2.39. The van der Waals surface area contributed by atoms with Crippen LogP contribution >= 0.6 is 0 Å². The van der Waals surface area contributed by atoms with Gasteiger partial charge in [0.05, 0.1) is 6.26 Å². The van der Waals surface area contributed by atoms with Gasteiger partial charge in [0.15, 0.2) is 0 Å². The lowest BCUT2D eigenvalue weighted by Crippen LogP contribution is -2.53. The van der Waals surface area contributed by atoms with Crippen molar-refractivity contribution in [1.82, 2.24) is 4.90 Å². The maximum atomic E-state index is 5.76. The van der Waals surface area contributed by atoms with E-state index in [4.69, 9.17) is 4.42 Å². The maximum Gasteiger partial charge on any atom is 0.134 e. The fourth-order valence-corrected chi connectivity index (χ4v) is 4.80. The molecule has 2 nitrogen and oxygen atoms in total. The molecule has 1 aromatic carbocycles. The summed E-state index contributed by atoms with van der Waals surface area (Å²) in [6, 6.07) is 7.41. The van der Waals surface area contributed by atoms with E-state index in [2.05, 4.69) is 36.9 Å². The molecule has 1 saturated carbocycles. The second-order valence-corrected chi connectivity index (χ2v) is 7.42. The number of hydrogen-bond acceptors (Lipinski definition) is 2. The molecule has 22 heavy (non-hydrogen) atoms. The average Bonchev–Trinajstić information content (AvgIpc) is 2.95. The van der Waals surface area contributed by atoms with Crippen LogP contribution in [0.4, 0.5) is 0 Å². The van der Waals surface area contributed by atoms with E-state index in [9.17, 15) is 0 Å². The molecule has 3 unspecified atom stereocenters. The zero-order valence-corrected chi connectivity index (χ0v) is 13.8. The van der Waals surface area contributed by atoms with Crippen LogP contribution in [0.3, 0.4) is 0 Å². The van der Waals surface area contributed by atoms with Gasteiger partial charge in [0.25, 0.3) is 0 Å². The molecule has 0 N–H and O–H groups in total. The zero-order chi connectivity index (χ0) is 15.1. The van der Waals surface area contributed by atoms with Gasteiger partial charge in [-0.05, 0) is 61.6 Å². The van der Waals surface area contributed by atoms with E-state index in [0.29, 0.717) is 0 Å². The molecule has 3 aliphatic rings. The Balaban J connectivity index is 1.48. The standard InChI is InChI=1S/C20H27NO/c1-3-16-11-15-5-7-19(16)21(12-15)9-8-17-13-22-20-10-14(2)4-6-18(17)20/h4,6,10,13,15-16,19H,3,5,7-9,11-12H2,1-2H3. The van der Waals surface area contributed by atoms with Gasteiger partial charge in [0.2, 0.25) is 0 Å². The SMILES string of the molecule is CCC1CC2CCC1N(CCc1coc3cc(C)ccc13)C2. The molecule has 118 valence electrons. The third-order valence-corrected chi connectivity index (χ3v) is 6.02. The van der Waals surface area contributed by atoms with E-state index in [-0.39, 0.29) is 0 Å². The van der Waals surface area contributed by atoms with E-state index < -0.39 is 0 Å². The first-order chi connectivity index (χ1) is 10.7. The molecule has 1 aromatic heterocycles. The van der Waals surface area contributed by atoms with Crippen molar-refractivity contribution < 1.29 is 4.42 Å². The largest absolute Gasteiger partial charge is 0.464 e. The van der Waals surface area contributed by atoms with Gasteiger partial charge in [0, 0.05) is 24.5 Å². The topological polar surface area (TPSA) is 16.4 Å². The van der Waals surface area contributed by atoms with Crippen LogP contribution in [0.1, 0.15) is 43.7 Å². The Morgan fingerprint density at radius 3 is 3.00 bits per heavy atom. The molecule has 1 aliphatic carbocycles. The highest BCUT2D eigenvalue weighted by atomic mass is 16.3. The Hall–Kier alpha value is -1.28. The molecule has 2 bridgehead atoms. The number of aryl methyl sites for hydroxylation is 1. The third-order valence-electron chi connectivity index (χ3n) is 6.02. The number of furan rings is 1. The van der Waals surface area contributed by atoms with Gasteiger partial charge in [-0.2, -0.15) is 0 Å². The van der Waals surface area contributed by atoms with Crippen LogP contribution in [0.2, 0.25) is 0 Å². The molecule has 0 spiro atoms. The van der Waals surface area contributed by atoms with E-state index in [1.807, 2.05) is 6.26 Å². The minimum absolute atomic E-state index is 0.843. The van der Waals surface area contributed by atoms with Crippen molar-refractivity contribution in [2.24, 2.45) is 11.8 Å². The summed E-state index contributed by atoms with van der Waals surface area (Å²) in [5, 5.41) is 1.31. The van der Waals surface area contributed by atoms with Crippen LogP contribution < -0.4 is 0 Å². The first kappa shape index (κ1) is 14.3. The van der Waals surface area contributed by atoms with Crippen LogP contribution in [-0.4, -0.2) is 24.0 Å². The smallest absolute Gasteiger partial charge is 0.134 e. The molecular formula is C20H27NO. The van der Waals surface area contributed by atoms with Crippen molar-refractivity contribution in [3.8, 4) is 0 Å². The van der Waals surface area contributed by atoms with Crippen molar-refractivity contribution >= 4 is 11.0 Å². The number of fused-ring (bicyclic) bond motifs is 4. The molecule has 2 saturated heterocycles. The van der Waals surface area contributed by atoms with Crippen LogP contribution in [-0.2, 0) is 6.42 Å². The highest BCUT2D eigenvalue weighted by Crippen LogP contribution is 2.40. The Morgan fingerprint density at radius 1 is 1.27 bits per heavy atom. The van der Waals surface area contributed by atoms with E-state index >= 15 is 0 Å². The van der Waals surface area contributed by atoms with Crippen molar-refractivity contribution in [2.75, 3.05) is 13.1 Å². The van der Waals surface area contributed by atoms with Crippen molar-refractivity contribution in [1.29, 1.82) is 0 Å². The van der Waals surface area contributed by atoms with E-state index in [1.165, 1.54) is 55.3 Å². The zero-order valence-electron chi connectivity index (χ0n) is 13.8. The summed E-state index contributed by atoms with van der Waals surface area (Å²) < 4.78 is 5.76. The number of hydrogen-bond donors (Lipinski definition) is 0. The quantitative estimate of drug-likeness (QED) is 0.806. The predicted octanol–water partition coefficient (Wildman–Crippen LogP) is 4.79. The lowest BCUT2D eigenvalue weighted by molar-refractivity contribution is 0.000689. The van der Waals surface area contributed by atoms with Crippen LogP contribution in [0.25, 0.3) is 11.0 Å². The number of benzene rings is 1. The summed E-state index contributed by atoms with van der Waals surface area (Å²) in [7, 11) is 0. The predicted molar refractivity (Wildman–Crippen MR) is 91.1 cm³/mol. The van der Waals surface area contributed by atoms with Gasteiger partial charge in [-0.15, -0.1) is 0 Å². The minimum Gasteiger partial charge on any atom is -0.464 e. The third kappa shape index (κ3) is 2.48. The summed E-state index contributed by atoms with van der Waals surface area (Å²) in [6.07, 6.45) is 8.82. The molecule has 0 amide bonds. The molecule has 3 atom stereocenters. The fraction of sp³-hybridized carbons (Fsp3) is 0.600. The first-order valence-corrected chi connectivity index (χ1v) is 8.95. The average molecular weight is 297 g/mol. The van der Waals surface area contributed by atoms with Crippen molar-refractivity contribution in [2.45, 2.75) is 52.0 Å². The monoisotopic (exact) mass is 297 g/mol. The summed E-state index contributed by atoms with van der Waals surface area (Å²) in [4.78, 5) is 2.78. The van der Waals surface area contributed by atoms with Gasteiger partial charge < -0.3 is 4.42 Å². The second kappa shape index (κ2) is 5.73. The number of piperidine rings is 2.